The summed E-state index contributed by atoms with van der Waals surface area (Å²) >= 11 is 0. The highest BCUT2D eigenvalue weighted by Crippen LogP contribution is 2.47. The van der Waals surface area contributed by atoms with Gasteiger partial charge in [0.2, 0.25) is 11.8 Å². The van der Waals surface area contributed by atoms with Crippen molar-refractivity contribution in [3.8, 4) is 0 Å². The van der Waals surface area contributed by atoms with Gasteiger partial charge in [-0.25, -0.2) is 4.98 Å². The number of carbonyl (C=O) groups excluding carboxylic acids is 2. The zero-order chi connectivity index (χ0) is 24.3. The summed E-state index contributed by atoms with van der Waals surface area (Å²) in [6.45, 7) is 2.40. The molecule has 2 amide bonds. The van der Waals surface area contributed by atoms with E-state index in [1.54, 1.807) is 17.2 Å². The Morgan fingerprint density at radius 3 is 2.41 bits per heavy atom. The third kappa shape index (κ3) is 5.09. The van der Waals surface area contributed by atoms with Gasteiger partial charge in [-0.15, -0.1) is 0 Å². The van der Waals surface area contributed by atoms with Crippen LogP contribution in [0.4, 0.5) is 19.0 Å². The van der Waals surface area contributed by atoms with E-state index in [4.69, 9.17) is 0 Å². The number of piperidine rings is 1. The van der Waals surface area contributed by atoms with Crippen molar-refractivity contribution in [3.63, 3.8) is 0 Å². The molecule has 2 fully saturated rings. The highest BCUT2D eigenvalue weighted by Gasteiger charge is 2.64. The Bertz CT molecular complexity index is 1010. The normalized spacial score (nSPS) is 22.1. The second kappa shape index (κ2) is 9.74. The zero-order valence-corrected chi connectivity index (χ0v) is 19.1. The molecule has 1 aromatic carbocycles. The Kier molecular flexibility index (Phi) is 6.93. The maximum absolute atomic E-state index is 14.3. The molecule has 4 rings (SSSR count). The Morgan fingerprint density at radius 2 is 1.79 bits per heavy atom. The van der Waals surface area contributed by atoms with Gasteiger partial charge >= 0.3 is 6.18 Å². The van der Waals surface area contributed by atoms with E-state index < -0.39 is 17.5 Å². The highest BCUT2D eigenvalue weighted by molar-refractivity contribution is 5.92. The molecule has 0 saturated carbocycles. The minimum atomic E-state index is -4.64. The number of aromatic nitrogens is 1. The van der Waals surface area contributed by atoms with Gasteiger partial charge in [0, 0.05) is 38.3 Å². The Balaban J connectivity index is 1.38. The predicted octanol–water partition coefficient (Wildman–Crippen LogP) is 4.02. The molecule has 2 aliphatic heterocycles. The largest absolute Gasteiger partial charge is 0.404 e. The number of amides is 2. The van der Waals surface area contributed by atoms with E-state index in [0.29, 0.717) is 25.2 Å². The lowest BCUT2D eigenvalue weighted by Gasteiger charge is -2.39. The van der Waals surface area contributed by atoms with Crippen molar-refractivity contribution in [3.05, 3.63) is 59.8 Å². The number of halogens is 3. The first-order chi connectivity index (χ1) is 16.2. The molecule has 0 spiro atoms. The average Bonchev–Trinajstić information content (AvgIpc) is 3.26. The second-order valence-corrected chi connectivity index (χ2v) is 9.30. The summed E-state index contributed by atoms with van der Waals surface area (Å²) in [6, 6.07) is 12.8. The third-order valence-corrected chi connectivity index (χ3v) is 6.86. The van der Waals surface area contributed by atoms with Gasteiger partial charge in [-0.2, -0.15) is 13.2 Å². The van der Waals surface area contributed by atoms with E-state index in [1.807, 2.05) is 43.3 Å². The number of anilines is 1. The van der Waals surface area contributed by atoms with Gasteiger partial charge in [0.1, 0.15) is 5.82 Å². The van der Waals surface area contributed by atoms with Gasteiger partial charge in [-0.1, -0.05) is 36.4 Å². The fourth-order valence-corrected chi connectivity index (χ4v) is 4.81. The van der Waals surface area contributed by atoms with Crippen molar-refractivity contribution < 1.29 is 22.8 Å². The monoisotopic (exact) mass is 474 g/mol. The van der Waals surface area contributed by atoms with Gasteiger partial charge in [0.15, 0.2) is 5.41 Å². The molecule has 1 aromatic heterocycles. The number of pyridine rings is 1. The van der Waals surface area contributed by atoms with E-state index >= 15 is 0 Å². The first-order valence-electron chi connectivity index (χ1n) is 11.5. The van der Waals surface area contributed by atoms with Crippen molar-refractivity contribution >= 4 is 17.6 Å². The van der Waals surface area contributed by atoms with Crippen LogP contribution < -0.4 is 5.32 Å². The highest BCUT2D eigenvalue weighted by atomic mass is 19.4. The number of alkyl halides is 3. The van der Waals surface area contributed by atoms with Crippen molar-refractivity contribution in [2.45, 2.75) is 38.9 Å². The van der Waals surface area contributed by atoms with Crippen LogP contribution in [0.15, 0.2) is 48.7 Å². The smallest absolute Gasteiger partial charge is 0.342 e. The fraction of sp³-hybridized carbons (Fsp3) is 0.480. The van der Waals surface area contributed by atoms with E-state index in [2.05, 4.69) is 10.3 Å². The van der Waals surface area contributed by atoms with E-state index in [0.717, 1.165) is 11.1 Å². The molecule has 0 bridgehead atoms. The lowest BCUT2D eigenvalue weighted by Crippen LogP contribution is -2.55. The van der Waals surface area contributed by atoms with E-state index in [9.17, 15) is 22.8 Å². The number of carbonyl (C=O) groups is 2. The molecule has 6 nitrogen and oxygen atoms in total. The number of rotatable bonds is 5. The van der Waals surface area contributed by atoms with Crippen LogP contribution in [0.25, 0.3) is 0 Å². The van der Waals surface area contributed by atoms with Crippen molar-refractivity contribution in [2.75, 3.05) is 31.5 Å². The van der Waals surface area contributed by atoms with E-state index in [-0.39, 0.29) is 44.4 Å². The first-order valence-corrected chi connectivity index (χ1v) is 11.5. The molecule has 9 heteroatoms. The minimum Gasteiger partial charge on any atom is -0.342 e. The number of likely N-dealkylation sites (tertiary alicyclic amines) is 2. The summed E-state index contributed by atoms with van der Waals surface area (Å²) in [5.41, 5.74) is -0.511. The summed E-state index contributed by atoms with van der Waals surface area (Å²) in [4.78, 5) is 33.0. The van der Waals surface area contributed by atoms with Crippen LogP contribution in [0.3, 0.4) is 0 Å². The molecular weight excluding hydrogens is 445 g/mol. The van der Waals surface area contributed by atoms with Crippen LogP contribution in [0.2, 0.25) is 0 Å². The number of hydrogen-bond donors (Lipinski definition) is 1. The number of benzene rings is 1. The number of hydrogen-bond acceptors (Lipinski definition) is 4. The lowest BCUT2D eigenvalue weighted by atomic mass is 9.83. The molecule has 2 saturated heterocycles. The molecular formula is C25H29F3N4O2. The molecule has 1 atom stereocenters. The Hall–Kier alpha value is -2.94. The Labute approximate surface area is 197 Å². The second-order valence-electron chi connectivity index (χ2n) is 9.30. The third-order valence-electron chi connectivity index (χ3n) is 6.86. The van der Waals surface area contributed by atoms with Crippen LogP contribution in [0.1, 0.15) is 30.4 Å². The molecule has 1 N–H and O–H groups in total. The molecule has 34 heavy (non-hydrogen) atoms. The zero-order valence-electron chi connectivity index (χ0n) is 19.1. The van der Waals surface area contributed by atoms with Crippen LogP contribution in [-0.2, 0) is 16.1 Å². The molecule has 182 valence electrons. The quantitative estimate of drug-likeness (QED) is 0.711. The van der Waals surface area contributed by atoms with Crippen LogP contribution in [0.5, 0.6) is 0 Å². The number of aryl methyl sites for hydroxylation is 1. The molecule has 1 unspecified atom stereocenters. The van der Waals surface area contributed by atoms with Crippen molar-refractivity contribution in [2.24, 2.45) is 11.3 Å². The topological polar surface area (TPSA) is 65.5 Å². The molecule has 2 aliphatic rings. The fourth-order valence-electron chi connectivity index (χ4n) is 4.81. The summed E-state index contributed by atoms with van der Waals surface area (Å²) in [5, 5.41) is 2.76. The summed E-state index contributed by atoms with van der Waals surface area (Å²) in [7, 11) is 0. The standard InChI is InChI=1S/C25H29F3N4O2/c1-18-7-8-21(29-15-18)30-22(33)20-9-12-32(13-10-20)23(34)24(25(26,27)28)11-14-31(17-24)16-19-5-3-2-4-6-19/h2-8,15,20H,9-14,16-17H2,1H3,(H,29,30,33). The van der Waals surface area contributed by atoms with Gasteiger partial charge in [0.25, 0.3) is 0 Å². The van der Waals surface area contributed by atoms with Crippen LogP contribution >= 0.6 is 0 Å². The van der Waals surface area contributed by atoms with Gasteiger partial charge in [-0.05, 0) is 49.9 Å². The predicted molar refractivity (Wildman–Crippen MR) is 122 cm³/mol. The lowest BCUT2D eigenvalue weighted by molar-refractivity contribution is -0.224. The maximum Gasteiger partial charge on any atom is 0.404 e. The van der Waals surface area contributed by atoms with Gasteiger partial charge in [0.05, 0.1) is 0 Å². The molecule has 3 heterocycles. The van der Waals surface area contributed by atoms with Gasteiger partial charge in [-0.3, -0.25) is 14.5 Å². The van der Waals surface area contributed by atoms with Crippen LogP contribution in [-0.4, -0.2) is 59.0 Å². The van der Waals surface area contributed by atoms with E-state index in [1.165, 1.54) is 4.90 Å². The van der Waals surface area contributed by atoms with Gasteiger partial charge < -0.3 is 10.2 Å². The SMILES string of the molecule is Cc1ccc(NC(=O)C2CCN(C(=O)C3(C(F)(F)F)CCN(Cc4ccccc4)C3)CC2)nc1. The first kappa shape index (κ1) is 24.2. The summed E-state index contributed by atoms with van der Waals surface area (Å²) < 4.78 is 42.8. The molecule has 0 radical (unpaired) electrons. The maximum atomic E-state index is 14.3. The molecule has 2 aromatic rings. The number of nitrogens with one attached hydrogen (secondary N) is 1. The van der Waals surface area contributed by atoms with Crippen LogP contribution in [0, 0.1) is 18.3 Å². The Morgan fingerprint density at radius 1 is 1.09 bits per heavy atom. The van der Waals surface area contributed by atoms with Crippen molar-refractivity contribution in [1.29, 1.82) is 0 Å². The summed E-state index contributed by atoms with van der Waals surface area (Å²) in [5.74, 6) is -1.01. The number of nitrogens with zero attached hydrogens (tertiary/aromatic N) is 3. The molecule has 0 aliphatic carbocycles. The minimum absolute atomic E-state index is 0.134. The summed E-state index contributed by atoms with van der Waals surface area (Å²) in [6.07, 6.45) is -2.59. The van der Waals surface area contributed by atoms with Crippen molar-refractivity contribution in [1.82, 2.24) is 14.8 Å². The average molecular weight is 475 g/mol.